The molecule has 3 rings (SSSR count). The number of carbonyl (C=O) groups is 3. The second-order valence-corrected chi connectivity index (χ2v) is 10.8. The largest absolute Gasteiger partial charge is 0.346 e. The SMILES string of the molecule is CC(C)C(ONC(=O)c1cc(Cl)cc(Br)c1NC(=O)c1cc(Br)nn1-c1ncccc1Cl)C(=O)N(C)C. The quantitative estimate of drug-likeness (QED) is 0.320. The van der Waals surface area contributed by atoms with Crippen LogP contribution in [0.5, 0.6) is 0 Å². The highest BCUT2D eigenvalue weighted by Gasteiger charge is 2.28. The number of anilines is 1. The monoisotopic (exact) mass is 674 g/mol. The van der Waals surface area contributed by atoms with Crippen molar-refractivity contribution in [2.75, 3.05) is 19.4 Å². The van der Waals surface area contributed by atoms with Gasteiger partial charge >= 0.3 is 0 Å². The molecule has 14 heteroatoms. The van der Waals surface area contributed by atoms with Crippen molar-refractivity contribution in [1.29, 1.82) is 0 Å². The molecule has 0 fully saturated rings. The van der Waals surface area contributed by atoms with Crippen molar-refractivity contribution in [3.05, 3.63) is 66.9 Å². The van der Waals surface area contributed by atoms with Crippen molar-refractivity contribution >= 4 is 78.5 Å². The van der Waals surface area contributed by atoms with Gasteiger partial charge in [-0.05, 0) is 62.0 Å². The van der Waals surface area contributed by atoms with Crippen molar-refractivity contribution in [2.24, 2.45) is 5.92 Å². The Morgan fingerprint density at radius 2 is 1.81 bits per heavy atom. The van der Waals surface area contributed by atoms with Crippen LogP contribution in [0, 0.1) is 5.92 Å². The maximum atomic E-state index is 13.3. The van der Waals surface area contributed by atoms with Gasteiger partial charge in [0.25, 0.3) is 17.7 Å². The predicted octanol–water partition coefficient (Wildman–Crippen LogP) is 5.13. The zero-order valence-corrected chi connectivity index (χ0v) is 24.7. The Morgan fingerprint density at radius 1 is 1.11 bits per heavy atom. The Balaban J connectivity index is 1.92. The molecule has 0 radical (unpaired) electrons. The number of likely N-dealkylation sites (N-methyl/N-ethyl adjacent to an activating group) is 1. The van der Waals surface area contributed by atoms with E-state index in [9.17, 15) is 14.4 Å². The van der Waals surface area contributed by atoms with Gasteiger partial charge in [0.15, 0.2) is 11.9 Å². The number of nitrogens with zero attached hydrogens (tertiary/aromatic N) is 4. The molecule has 0 spiro atoms. The summed E-state index contributed by atoms with van der Waals surface area (Å²) in [7, 11) is 3.18. The molecule has 0 aliphatic carbocycles. The highest BCUT2D eigenvalue weighted by Crippen LogP contribution is 2.32. The van der Waals surface area contributed by atoms with Gasteiger partial charge in [-0.25, -0.2) is 15.1 Å². The second kappa shape index (κ2) is 12.4. The Hall–Kier alpha value is -2.51. The molecule has 0 saturated heterocycles. The van der Waals surface area contributed by atoms with E-state index in [2.05, 4.69) is 52.7 Å². The van der Waals surface area contributed by atoms with Crippen LogP contribution in [0.25, 0.3) is 5.82 Å². The van der Waals surface area contributed by atoms with Gasteiger partial charge < -0.3 is 10.2 Å². The summed E-state index contributed by atoms with van der Waals surface area (Å²) in [6.07, 6.45) is 0.594. The Kier molecular flexibility index (Phi) is 9.70. The van der Waals surface area contributed by atoms with Gasteiger partial charge in [0.1, 0.15) is 10.3 Å². The molecule has 0 aliphatic rings. The lowest BCUT2D eigenvalue weighted by Gasteiger charge is -2.23. The van der Waals surface area contributed by atoms with Crippen LogP contribution in [0.15, 0.2) is 45.6 Å². The van der Waals surface area contributed by atoms with Gasteiger partial charge in [0, 0.05) is 35.9 Å². The number of rotatable bonds is 8. The second-order valence-electron chi connectivity index (χ2n) is 8.28. The Bertz CT molecular complexity index is 1350. The summed E-state index contributed by atoms with van der Waals surface area (Å²) in [6, 6.07) is 7.63. The Labute approximate surface area is 239 Å². The van der Waals surface area contributed by atoms with Crippen LogP contribution in [0.3, 0.4) is 0 Å². The molecule has 196 valence electrons. The predicted molar refractivity (Wildman–Crippen MR) is 147 cm³/mol. The van der Waals surface area contributed by atoms with Gasteiger partial charge in [-0.2, -0.15) is 5.10 Å². The molecule has 2 N–H and O–H groups in total. The zero-order chi connectivity index (χ0) is 27.4. The van der Waals surface area contributed by atoms with Crippen molar-refractivity contribution in [2.45, 2.75) is 20.0 Å². The fraction of sp³-hybridized carbons (Fsp3) is 0.261. The van der Waals surface area contributed by atoms with Crippen molar-refractivity contribution in [3.63, 3.8) is 0 Å². The van der Waals surface area contributed by atoms with E-state index in [-0.39, 0.29) is 44.6 Å². The summed E-state index contributed by atoms with van der Waals surface area (Å²) in [5.74, 6) is -1.63. The van der Waals surface area contributed by atoms with E-state index in [4.69, 9.17) is 28.0 Å². The maximum absolute atomic E-state index is 13.3. The molecule has 37 heavy (non-hydrogen) atoms. The highest BCUT2D eigenvalue weighted by atomic mass is 79.9. The fourth-order valence-corrected chi connectivity index (χ4v) is 4.65. The minimum atomic E-state index is -0.922. The summed E-state index contributed by atoms with van der Waals surface area (Å²) >= 11 is 19.0. The lowest BCUT2D eigenvalue weighted by molar-refractivity contribution is -0.148. The number of amides is 3. The molecule has 10 nitrogen and oxygen atoms in total. The summed E-state index contributed by atoms with van der Waals surface area (Å²) in [5, 5.41) is 7.47. The maximum Gasteiger partial charge on any atom is 0.277 e. The number of benzene rings is 1. The van der Waals surface area contributed by atoms with E-state index in [0.29, 0.717) is 9.08 Å². The minimum Gasteiger partial charge on any atom is -0.346 e. The van der Waals surface area contributed by atoms with Crippen LogP contribution in [0.4, 0.5) is 5.69 Å². The van der Waals surface area contributed by atoms with E-state index in [0.717, 1.165) is 0 Å². The molecule has 0 saturated carbocycles. The fourth-order valence-electron chi connectivity index (χ4n) is 3.16. The molecular weight excluding hydrogens is 655 g/mol. The first-order valence-electron chi connectivity index (χ1n) is 10.7. The van der Waals surface area contributed by atoms with Crippen LogP contribution in [-0.2, 0) is 9.63 Å². The van der Waals surface area contributed by atoms with Gasteiger partial charge in [-0.1, -0.05) is 37.0 Å². The van der Waals surface area contributed by atoms with E-state index >= 15 is 0 Å². The van der Waals surface area contributed by atoms with Crippen LogP contribution < -0.4 is 10.8 Å². The van der Waals surface area contributed by atoms with E-state index in [1.165, 1.54) is 34.0 Å². The first kappa shape index (κ1) is 29.1. The number of aromatic nitrogens is 3. The lowest BCUT2D eigenvalue weighted by Crippen LogP contribution is -2.43. The minimum absolute atomic E-state index is 0.00599. The van der Waals surface area contributed by atoms with Gasteiger partial charge in [0.05, 0.1) is 16.3 Å². The van der Waals surface area contributed by atoms with Crippen LogP contribution in [0.2, 0.25) is 10.0 Å². The van der Waals surface area contributed by atoms with E-state index < -0.39 is 17.9 Å². The van der Waals surface area contributed by atoms with Gasteiger partial charge in [-0.3, -0.25) is 19.2 Å². The van der Waals surface area contributed by atoms with Crippen LogP contribution >= 0.6 is 55.1 Å². The van der Waals surface area contributed by atoms with E-state index in [1.54, 1.807) is 40.1 Å². The highest BCUT2D eigenvalue weighted by molar-refractivity contribution is 9.10. The third-order valence-corrected chi connectivity index (χ3v) is 6.48. The number of halogens is 4. The van der Waals surface area contributed by atoms with Gasteiger partial charge in [0.2, 0.25) is 0 Å². The molecule has 0 bridgehead atoms. The first-order chi connectivity index (χ1) is 17.4. The number of nitrogens with one attached hydrogen (secondary N) is 2. The average molecular weight is 677 g/mol. The summed E-state index contributed by atoms with van der Waals surface area (Å²) in [4.78, 5) is 49.9. The van der Waals surface area contributed by atoms with Crippen LogP contribution in [-0.4, -0.2) is 57.6 Å². The van der Waals surface area contributed by atoms with Crippen molar-refractivity contribution in [3.8, 4) is 5.82 Å². The number of carbonyl (C=O) groups excluding carboxylic acids is 3. The third-order valence-electron chi connectivity index (χ3n) is 4.96. The smallest absolute Gasteiger partial charge is 0.277 e. The molecule has 1 unspecified atom stereocenters. The first-order valence-corrected chi connectivity index (χ1v) is 13.1. The van der Waals surface area contributed by atoms with Gasteiger partial charge in [-0.15, -0.1) is 0 Å². The van der Waals surface area contributed by atoms with Crippen LogP contribution in [0.1, 0.15) is 34.7 Å². The number of hydrogen-bond donors (Lipinski definition) is 2. The van der Waals surface area contributed by atoms with Crippen molar-refractivity contribution < 1.29 is 19.2 Å². The summed E-state index contributed by atoms with van der Waals surface area (Å²) < 4.78 is 1.98. The molecule has 1 aromatic carbocycles. The molecule has 2 aromatic heterocycles. The van der Waals surface area contributed by atoms with Crippen molar-refractivity contribution in [1.82, 2.24) is 25.1 Å². The average Bonchev–Trinajstić information content (AvgIpc) is 3.21. The molecule has 2 heterocycles. The molecular formula is C23H22Br2Cl2N6O4. The number of hydroxylamine groups is 1. The molecule has 3 amide bonds. The van der Waals surface area contributed by atoms with E-state index in [1.807, 2.05) is 0 Å². The third kappa shape index (κ3) is 6.88. The number of pyridine rings is 1. The molecule has 0 aliphatic heterocycles. The standard InChI is InChI=1S/C23H22Br2Cl2N6O4/c1-11(2)19(23(36)32(3)4)37-31-21(34)13-8-12(26)9-14(24)18(13)29-22(35)16-10-17(25)30-33(16)20-15(27)6-5-7-28-20/h5-11,19H,1-4H3,(H,29,35)(H,31,34). The Morgan fingerprint density at radius 3 is 2.43 bits per heavy atom. The summed E-state index contributed by atoms with van der Waals surface area (Å²) in [6.45, 7) is 3.57. The molecule has 3 aromatic rings. The number of hydrogen-bond acceptors (Lipinski definition) is 6. The lowest BCUT2D eigenvalue weighted by atomic mass is 10.1. The zero-order valence-electron chi connectivity index (χ0n) is 20.1. The summed E-state index contributed by atoms with van der Waals surface area (Å²) in [5.41, 5.74) is 2.51. The molecule has 1 atom stereocenters. The topological polar surface area (TPSA) is 118 Å². The normalized spacial score (nSPS) is 11.8.